The topological polar surface area (TPSA) is 55.8 Å². The van der Waals surface area contributed by atoms with E-state index in [-0.39, 0.29) is 41.6 Å². The van der Waals surface area contributed by atoms with Gasteiger partial charge in [-0.25, -0.2) is 0 Å². The Kier molecular flexibility index (Phi) is 7.68. The van der Waals surface area contributed by atoms with Crippen molar-refractivity contribution in [2.45, 2.75) is 70.6 Å². The summed E-state index contributed by atoms with van der Waals surface area (Å²) in [6, 6.07) is 10.5. The highest BCUT2D eigenvalue weighted by Gasteiger charge is 2.40. The molecule has 2 saturated heterocycles. The fourth-order valence-corrected chi connectivity index (χ4v) is 4.07. The van der Waals surface area contributed by atoms with E-state index in [4.69, 9.17) is 9.47 Å². The minimum absolute atomic E-state index is 0. The van der Waals surface area contributed by atoms with Crippen LogP contribution in [0.5, 0.6) is 0 Å². The number of fused-ring (bicyclic) bond motifs is 2. The van der Waals surface area contributed by atoms with E-state index in [0.29, 0.717) is 12.1 Å². The lowest BCUT2D eigenvalue weighted by Crippen LogP contribution is -2.44. The SMILES string of the molecule is Br.CN1C2CCC1CC(OC(=O)C(COC(=O)C(C)(C)C)c1ccccc1)C2. The van der Waals surface area contributed by atoms with E-state index < -0.39 is 11.3 Å². The molecule has 156 valence electrons. The highest BCUT2D eigenvalue weighted by Crippen LogP contribution is 2.36. The molecule has 2 bridgehead atoms. The van der Waals surface area contributed by atoms with Crippen LogP contribution < -0.4 is 0 Å². The van der Waals surface area contributed by atoms with Crippen molar-refractivity contribution < 1.29 is 19.1 Å². The molecule has 0 saturated carbocycles. The van der Waals surface area contributed by atoms with Crippen molar-refractivity contribution in [3.63, 3.8) is 0 Å². The third-order valence-corrected chi connectivity index (χ3v) is 5.82. The van der Waals surface area contributed by atoms with Gasteiger partial charge in [-0.3, -0.25) is 9.59 Å². The Balaban J connectivity index is 0.00000280. The number of rotatable bonds is 5. The zero-order chi connectivity index (χ0) is 19.6. The average Bonchev–Trinajstić information content (AvgIpc) is 2.82. The molecule has 6 heteroatoms. The quantitative estimate of drug-likeness (QED) is 0.627. The molecule has 5 nitrogen and oxygen atoms in total. The second-order valence-corrected chi connectivity index (χ2v) is 8.89. The predicted octanol–water partition coefficient (Wildman–Crippen LogP) is 4.11. The van der Waals surface area contributed by atoms with Gasteiger partial charge in [0, 0.05) is 12.1 Å². The van der Waals surface area contributed by atoms with Crippen LogP contribution in [0.4, 0.5) is 0 Å². The molecule has 2 heterocycles. The molecule has 0 aliphatic carbocycles. The van der Waals surface area contributed by atoms with Gasteiger partial charge in [0.25, 0.3) is 0 Å². The van der Waals surface area contributed by atoms with Crippen molar-refractivity contribution >= 4 is 28.9 Å². The van der Waals surface area contributed by atoms with E-state index in [9.17, 15) is 9.59 Å². The van der Waals surface area contributed by atoms with E-state index in [0.717, 1.165) is 18.4 Å². The van der Waals surface area contributed by atoms with Crippen LogP contribution in [0.15, 0.2) is 30.3 Å². The van der Waals surface area contributed by atoms with Crippen molar-refractivity contribution in [2.75, 3.05) is 13.7 Å². The largest absolute Gasteiger partial charge is 0.464 e. The molecule has 2 aliphatic rings. The predicted molar refractivity (Wildman–Crippen MR) is 114 cm³/mol. The third-order valence-electron chi connectivity index (χ3n) is 5.82. The fraction of sp³-hybridized carbons (Fsp3) is 0.636. The minimum Gasteiger partial charge on any atom is -0.464 e. The Labute approximate surface area is 178 Å². The first-order chi connectivity index (χ1) is 12.8. The minimum atomic E-state index is -0.599. The molecule has 2 aliphatic heterocycles. The van der Waals surface area contributed by atoms with Gasteiger partial charge in [-0.1, -0.05) is 30.3 Å². The Morgan fingerprint density at radius 3 is 2.21 bits per heavy atom. The Morgan fingerprint density at radius 1 is 1.11 bits per heavy atom. The summed E-state index contributed by atoms with van der Waals surface area (Å²) >= 11 is 0. The molecule has 0 spiro atoms. The first kappa shape index (κ1) is 22.9. The third kappa shape index (κ3) is 5.35. The van der Waals surface area contributed by atoms with E-state index in [2.05, 4.69) is 11.9 Å². The van der Waals surface area contributed by atoms with E-state index in [1.165, 1.54) is 12.8 Å². The van der Waals surface area contributed by atoms with E-state index in [1.807, 2.05) is 30.3 Å². The number of hydrogen-bond acceptors (Lipinski definition) is 5. The maximum atomic E-state index is 13.0. The zero-order valence-electron chi connectivity index (χ0n) is 17.2. The van der Waals surface area contributed by atoms with Crippen LogP contribution in [0, 0.1) is 5.41 Å². The summed E-state index contributed by atoms with van der Waals surface area (Å²) in [5.74, 6) is -1.19. The number of benzene rings is 1. The molecular formula is C22H32BrNO4. The van der Waals surface area contributed by atoms with Crippen LogP contribution in [-0.2, 0) is 19.1 Å². The molecule has 0 radical (unpaired) electrons. The van der Waals surface area contributed by atoms with E-state index >= 15 is 0 Å². The summed E-state index contributed by atoms with van der Waals surface area (Å²) < 4.78 is 11.4. The van der Waals surface area contributed by atoms with Crippen molar-refractivity contribution in [1.82, 2.24) is 4.90 Å². The van der Waals surface area contributed by atoms with Gasteiger partial charge in [0.2, 0.25) is 0 Å². The van der Waals surface area contributed by atoms with Crippen molar-refractivity contribution in [1.29, 1.82) is 0 Å². The smallest absolute Gasteiger partial charge is 0.317 e. The molecule has 3 rings (SSSR count). The Morgan fingerprint density at radius 2 is 1.68 bits per heavy atom. The average molecular weight is 454 g/mol. The molecule has 2 fully saturated rings. The molecule has 0 amide bonds. The van der Waals surface area contributed by atoms with Crippen molar-refractivity contribution in [3.8, 4) is 0 Å². The van der Waals surface area contributed by atoms with Crippen molar-refractivity contribution in [3.05, 3.63) is 35.9 Å². The second kappa shape index (κ2) is 9.40. The molecule has 0 N–H and O–H groups in total. The zero-order valence-corrected chi connectivity index (χ0v) is 18.9. The maximum absolute atomic E-state index is 13.0. The van der Waals surface area contributed by atoms with Crippen LogP contribution >= 0.6 is 17.0 Å². The van der Waals surface area contributed by atoms with Gasteiger partial charge in [0.15, 0.2) is 0 Å². The Hall–Kier alpha value is -1.40. The summed E-state index contributed by atoms with van der Waals surface area (Å²) in [5, 5.41) is 0. The number of nitrogens with zero attached hydrogens (tertiary/aromatic N) is 1. The fourth-order valence-electron chi connectivity index (χ4n) is 4.07. The lowest BCUT2D eigenvalue weighted by atomic mass is 9.96. The van der Waals surface area contributed by atoms with Gasteiger partial charge in [-0.05, 0) is 59.1 Å². The molecule has 28 heavy (non-hydrogen) atoms. The second-order valence-electron chi connectivity index (χ2n) is 8.89. The number of piperidine rings is 1. The molecular weight excluding hydrogens is 422 g/mol. The maximum Gasteiger partial charge on any atom is 0.317 e. The molecule has 1 aromatic carbocycles. The van der Waals surface area contributed by atoms with Gasteiger partial charge in [0.05, 0.1) is 5.41 Å². The normalized spacial score (nSPS) is 25.5. The molecule has 3 unspecified atom stereocenters. The van der Waals surface area contributed by atoms with Crippen LogP contribution in [0.3, 0.4) is 0 Å². The van der Waals surface area contributed by atoms with Crippen molar-refractivity contribution in [2.24, 2.45) is 5.41 Å². The van der Waals surface area contributed by atoms with Crippen LogP contribution in [0.2, 0.25) is 0 Å². The van der Waals surface area contributed by atoms with Gasteiger partial charge < -0.3 is 14.4 Å². The number of halogens is 1. The molecule has 0 aromatic heterocycles. The van der Waals surface area contributed by atoms with E-state index in [1.54, 1.807) is 20.8 Å². The van der Waals surface area contributed by atoms with Crippen LogP contribution in [0.1, 0.15) is 57.9 Å². The Bertz CT molecular complexity index is 659. The standard InChI is InChI=1S/C22H31NO4.BrH/c1-22(2,3)21(25)26-14-19(15-8-6-5-7-9-15)20(24)27-18-12-16-10-11-17(13-18)23(16)4;/h5-9,16-19H,10-14H2,1-4H3;1H. The van der Waals surface area contributed by atoms with Gasteiger partial charge in [-0.2, -0.15) is 0 Å². The van der Waals surface area contributed by atoms with Crippen LogP contribution in [0.25, 0.3) is 0 Å². The lowest BCUT2D eigenvalue weighted by Gasteiger charge is -2.36. The van der Waals surface area contributed by atoms with Gasteiger partial charge in [-0.15, -0.1) is 17.0 Å². The number of carbonyl (C=O) groups is 2. The first-order valence-corrected chi connectivity index (χ1v) is 9.90. The summed E-state index contributed by atoms with van der Waals surface area (Å²) in [4.78, 5) is 27.5. The molecule has 1 aromatic rings. The lowest BCUT2D eigenvalue weighted by molar-refractivity contribution is -0.160. The highest BCUT2D eigenvalue weighted by atomic mass is 79.9. The highest BCUT2D eigenvalue weighted by molar-refractivity contribution is 8.93. The van der Waals surface area contributed by atoms with Crippen LogP contribution in [-0.4, -0.2) is 48.7 Å². The summed E-state index contributed by atoms with van der Waals surface area (Å²) in [5.41, 5.74) is 0.221. The molecule has 3 atom stereocenters. The summed E-state index contributed by atoms with van der Waals surface area (Å²) in [6.07, 6.45) is 4.10. The number of ether oxygens (including phenoxy) is 2. The summed E-state index contributed by atoms with van der Waals surface area (Å²) in [6.45, 7) is 5.43. The summed E-state index contributed by atoms with van der Waals surface area (Å²) in [7, 11) is 2.17. The number of esters is 2. The number of hydrogen-bond donors (Lipinski definition) is 0. The first-order valence-electron chi connectivity index (χ1n) is 9.90. The monoisotopic (exact) mass is 453 g/mol. The van der Waals surface area contributed by atoms with Gasteiger partial charge >= 0.3 is 11.9 Å². The number of carbonyl (C=O) groups excluding carboxylic acids is 2. The van der Waals surface area contributed by atoms with Gasteiger partial charge in [0.1, 0.15) is 18.6 Å².